The summed E-state index contributed by atoms with van der Waals surface area (Å²) in [5.41, 5.74) is 1.15. The normalized spacial score (nSPS) is 12.6. The summed E-state index contributed by atoms with van der Waals surface area (Å²) in [7, 11) is 0. The number of aryl methyl sites for hydroxylation is 1. The van der Waals surface area contributed by atoms with Gasteiger partial charge in [-0.15, -0.1) is 0 Å². The van der Waals surface area contributed by atoms with Crippen molar-refractivity contribution in [3.63, 3.8) is 0 Å². The number of nitrogens with zero attached hydrogens (tertiary/aromatic N) is 2. The molecule has 0 aliphatic rings. The SMILES string of the molecule is Cc1cnn(CCNC(C)CCC(=O)O)c1. The topological polar surface area (TPSA) is 67.2 Å². The second-order valence-electron chi connectivity index (χ2n) is 4.07. The molecular weight excluding hydrogens is 206 g/mol. The molecule has 0 fully saturated rings. The average Bonchev–Trinajstić information content (AvgIpc) is 2.61. The minimum absolute atomic E-state index is 0.217. The molecule has 16 heavy (non-hydrogen) atoms. The highest BCUT2D eigenvalue weighted by Gasteiger charge is 2.04. The van der Waals surface area contributed by atoms with Crippen molar-refractivity contribution in [2.75, 3.05) is 6.54 Å². The van der Waals surface area contributed by atoms with Crippen LogP contribution in [0.4, 0.5) is 0 Å². The van der Waals surface area contributed by atoms with Crippen molar-refractivity contribution in [1.82, 2.24) is 15.1 Å². The first-order valence-corrected chi connectivity index (χ1v) is 5.52. The molecule has 0 aliphatic carbocycles. The minimum atomic E-state index is -0.739. The van der Waals surface area contributed by atoms with E-state index in [1.807, 2.05) is 30.9 Å². The van der Waals surface area contributed by atoms with E-state index >= 15 is 0 Å². The third kappa shape index (κ3) is 4.93. The maximum absolute atomic E-state index is 10.4. The number of hydrogen-bond donors (Lipinski definition) is 2. The molecule has 0 aliphatic heterocycles. The lowest BCUT2D eigenvalue weighted by Gasteiger charge is -2.12. The zero-order chi connectivity index (χ0) is 12.0. The van der Waals surface area contributed by atoms with E-state index in [2.05, 4.69) is 10.4 Å². The lowest BCUT2D eigenvalue weighted by Crippen LogP contribution is -2.30. The number of carboxylic acid groups (broad SMARTS) is 1. The molecular formula is C11H19N3O2. The smallest absolute Gasteiger partial charge is 0.303 e. The van der Waals surface area contributed by atoms with Crippen LogP contribution in [-0.4, -0.2) is 33.4 Å². The van der Waals surface area contributed by atoms with Gasteiger partial charge in [-0.3, -0.25) is 9.48 Å². The molecule has 1 rings (SSSR count). The van der Waals surface area contributed by atoms with Crippen molar-refractivity contribution in [3.8, 4) is 0 Å². The second kappa shape index (κ2) is 6.27. The van der Waals surface area contributed by atoms with Gasteiger partial charge in [-0.1, -0.05) is 0 Å². The van der Waals surface area contributed by atoms with Crippen molar-refractivity contribution >= 4 is 5.97 Å². The Labute approximate surface area is 95.5 Å². The number of aromatic nitrogens is 2. The van der Waals surface area contributed by atoms with Gasteiger partial charge < -0.3 is 10.4 Å². The summed E-state index contributed by atoms with van der Waals surface area (Å²) >= 11 is 0. The fraction of sp³-hybridized carbons (Fsp3) is 0.636. The molecule has 1 heterocycles. The third-order valence-corrected chi connectivity index (χ3v) is 2.39. The van der Waals surface area contributed by atoms with Gasteiger partial charge in [0.25, 0.3) is 0 Å². The Kier molecular flexibility index (Phi) is 4.98. The summed E-state index contributed by atoms with van der Waals surface area (Å²) in [5, 5.41) is 16.0. The van der Waals surface area contributed by atoms with Gasteiger partial charge >= 0.3 is 5.97 Å². The Morgan fingerprint density at radius 2 is 2.44 bits per heavy atom. The Morgan fingerprint density at radius 1 is 1.69 bits per heavy atom. The molecule has 2 N–H and O–H groups in total. The van der Waals surface area contributed by atoms with E-state index in [1.54, 1.807) is 0 Å². The zero-order valence-corrected chi connectivity index (χ0v) is 9.81. The molecule has 1 aromatic heterocycles. The van der Waals surface area contributed by atoms with E-state index < -0.39 is 5.97 Å². The number of carbonyl (C=O) groups is 1. The minimum Gasteiger partial charge on any atom is -0.481 e. The van der Waals surface area contributed by atoms with Gasteiger partial charge in [-0.05, 0) is 25.8 Å². The molecule has 5 nitrogen and oxygen atoms in total. The molecule has 5 heteroatoms. The van der Waals surface area contributed by atoms with E-state index in [0.717, 1.165) is 18.7 Å². The summed E-state index contributed by atoms with van der Waals surface area (Å²) in [5.74, 6) is -0.739. The molecule has 0 saturated carbocycles. The predicted octanol–water partition coefficient (Wildman–Crippen LogP) is 1.03. The third-order valence-electron chi connectivity index (χ3n) is 2.39. The standard InChI is InChI=1S/C11H19N3O2/c1-9-7-13-14(8-9)6-5-12-10(2)3-4-11(15)16/h7-8,10,12H,3-6H2,1-2H3,(H,15,16). The maximum Gasteiger partial charge on any atom is 0.303 e. The summed E-state index contributed by atoms with van der Waals surface area (Å²) in [6, 6.07) is 0.229. The fourth-order valence-electron chi connectivity index (χ4n) is 1.46. The van der Waals surface area contributed by atoms with Crippen molar-refractivity contribution in [3.05, 3.63) is 18.0 Å². The van der Waals surface area contributed by atoms with Gasteiger partial charge in [0.1, 0.15) is 0 Å². The van der Waals surface area contributed by atoms with Crippen molar-refractivity contribution < 1.29 is 9.90 Å². The molecule has 0 bridgehead atoms. The van der Waals surface area contributed by atoms with Crippen LogP contribution in [0.1, 0.15) is 25.3 Å². The number of nitrogens with one attached hydrogen (secondary N) is 1. The first kappa shape index (κ1) is 12.7. The van der Waals surface area contributed by atoms with Crippen LogP contribution in [0, 0.1) is 6.92 Å². The molecule has 0 aromatic carbocycles. The van der Waals surface area contributed by atoms with Crippen LogP contribution >= 0.6 is 0 Å². The molecule has 0 spiro atoms. The van der Waals surface area contributed by atoms with Gasteiger partial charge in [-0.2, -0.15) is 5.10 Å². The van der Waals surface area contributed by atoms with Gasteiger partial charge in [0.15, 0.2) is 0 Å². The summed E-state index contributed by atoms with van der Waals surface area (Å²) in [6.45, 7) is 5.62. The van der Waals surface area contributed by atoms with Gasteiger partial charge in [-0.25, -0.2) is 0 Å². The van der Waals surface area contributed by atoms with E-state index in [4.69, 9.17) is 5.11 Å². The Morgan fingerprint density at radius 3 is 3.00 bits per heavy atom. The molecule has 90 valence electrons. The van der Waals surface area contributed by atoms with Crippen LogP contribution in [0.2, 0.25) is 0 Å². The van der Waals surface area contributed by atoms with Gasteiger partial charge in [0.05, 0.1) is 12.7 Å². The van der Waals surface area contributed by atoms with Gasteiger partial charge in [0, 0.05) is 25.2 Å². The van der Waals surface area contributed by atoms with Crippen LogP contribution < -0.4 is 5.32 Å². The zero-order valence-electron chi connectivity index (χ0n) is 9.81. The highest BCUT2D eigenvalue weighted by atomic mass is 16.4. The summed E-state index contributed by atoms with van der Waals surface area (Å²) in [4.78, 5) is 10.4. The predicted molar refractivity (Wildman–Crippen MR) is 61.3 cm³/mol. The van der Waals surface area contributed by atoms with E-state index in [1.165, 1.54) is 0 Å². The lowest BCUT2D eigenvalue weighted by molar-refractivity contribution is -0.137. The quantitative estimate of drug-likeness (QED) is 0.727. The Bertz CT molecular complexity index is 336. The van der Waals surface area contributed by atoms with Crippen LogP contribution in [-0.2, 0) is 11.3 Å². The monoisotopic (exact) mass is 225 g/mol. The molecule has 1 atom stereocenters. The van der Waals surface area contributed by atoms with Crippen molar-refractivity contribution in [2.24, 2.45) is 0 Å². The average molecular weight is 225 g/mol. The highest BCUT2D eigenvalue weighted by molar-refractivity contribution is 5.66. The molecule has 1 unspecified atom stereocenters. The number of hydrogen-bond acceptors (Lipinski definition) is 3. The van der Waals surface area contributed by atoms with Crippen LogP contribution in [0.25, 0.3) is 0 Å². The fourth-order valence-corrected chi connectivity index (χ4v) is 1.46. The molecule has 0 amide bonds. The Hall–Kier alpha value is -1.36. The summed E-state index contributed by atoms with van der Waals surface area (Å²) < 4.78 is 1.88. The molecule has 0 radical (unpaired) electrons. The number of rotatable bonds is 7. The first-order valence-electron chi connectivity index (χ1n) is 5.52. The van der Waals surface area contributed by atoms with Crippen LogP contribution in [0.3, 0.4) is 0 Å². The van der Waals surface area contributed by atoms with E-state index in [9.17, 15) is 4.79 Å². The highest BCUT2D eigenvalue weighted by Crippen LogP contribution is 1.97. The van der Waals surface area contributed by atoms with Crippen LogP contribution in [0.5, 0.6) is 0 Å². The van der Waals surface area contributed by atoms with Crippen molar-refractivity contribution in [1.29, 1.82) is 0 Å². The second-order valence-corrected chi connectivity index (χ2v) is 4.07. The summed E-state index contributed by atoms with van der Waals surface area (Å²) in [6.07, 6.45) is 4.69. The van der Waals surface area contributed by atoms with E-state index in [0.29, 0.717) is 6.42 Å². The number of aliphatic carboxylic acids is 1. The largest absolute Gasteiger partial charge is 0.481 e. The number of carboxylic acids is 1. The maximum atomic E-state index is 10.4. The molecule has 0 saturated heterocycles. The van der Waals surface area contributed by atoms with Crippen LogP contribution in [0.15, 0.2) is 12.4 Å². The van der Waals surface area contributed by atoms with E-state index in [-0.39, 0.29) is 12.5 Å². The van der Waals surface area contributed by atoms with Gasteiger partial charge in [0.2, 0.25) is 0 Å². The molecule has 1 aromatic rings. The van der Waals surface area contributed by atoms with Crippen molar-refractivity contribution in [2.45, 2.75) is 39.3 Å². The first-order chi connectivity index (χ1) is 7.58. The lowest BCUT2D eigenvalue weighted by atomic mass is 10.2. The Balaban J connectivity index is 2.13.